The van der Waals surface area contributed by atoms with Crippen LogP contribution in [0.1, 0.15) is 78.1 Å². The number of carbonyl (C=O) groups excluding carboxylic acids is 2. The van der Waals surface area contributed by atoms with Crippen LogP contribution in [0.2, 0.25) is 0 Å². The number of amides is 2. The third-order valence-corrected chi connectivity index (χ3v) is 5.52. The minimum atomic E-state index is -0.927. The zero-order chi connectivity index (χ0) is 17.9. The van der Waals surface area contributed by atoms with Crippen molar-refractivity contribution in [2.24, 2.45) is 0 Å². The SMILES string of the molecule is CC1(C)O[C@@H](C(=O)NC2CCCCC2)[C@H](C(=O)NC2CCCCC2)O1. The first-order valence-electron chi connectivity index (χ1n) is 9.91. The fourth-order valence-electron chi connectivity index (χ4n) is 4.21. The molecule has 2 N–H and O–H groups in total. The van der Waals surface area contributed by atoms with Gasteiger partial charge in [0.2, 0.25) is 0 Å². The Bertz CT molecular complexity index is 440. The third-order valence-electron chi connectivity index (χ3n) is 5.52. The van der Waals surface area contributed by atoms with E-state index in [-0.39, 0.29) is 23.9 Å². The molecule has 2 atom stereocenters. The van der Waals surface area contributed by atoms with Gasteiger partial charge in [-0.25, -0.2) is 0 Å². The molecule has 1 saturated heterocycles. The first-order chi connectivity index (χ1) is 11.9. The largest absolute Gasteiger partial charge is 0.351 e. The van der Waals surface area contributed by atoms with Gasteiger partial charge in [-0.15, -0.1) is 0 Å². The van der Waals surface area contributed by atoms with Crippen LogP contribution in [0.5, 0.6) is 0 Å². The highest BCUT2D eigenvalue weighted by molar-refractivity contribution is 5.91. The summed E-state index contributed by atoms with van der Waals surface area (Å²) in [5.41, 5.74) is 0. The molecule has 0 aromatic heterocycles. The van der Waals surface area contributed by atoms with Crippen LogP contribution in [-0.4, -0.2) is 41.9 Å². The van der Waals surface area contributed by atoms with Crippen molar-refractivity contribution >= 4 is 11.8 Å². The summed E-state index contributed by atoms with van der Waals surface area (Å²) in [7, 11) is 0. The van der Waals surface area contributed by atoms with Gasteiger partial charge in [-0.2, -0.15) is 0 Å². The molecule has 2 amide bonds. The van der Waals surface area contributed by atoms with Crippen molar-refractivity contribution in [2.75, 3.05) is 0 Å². The van der Waals surface area contributed by atoms with E-state index in [1.165, 1.54) is 12.8 Å². The molecule has 0 spiro atoms. The van der Waals surface area contributed by atoms with E-state index in [0.29, 0.717) is 0 Å². The Kier molecular flexibility index (Phi) is 6.00. The van der Waals surface area contributed by atoms with Crippen molar-refractivity contribution in [2.45, 2.75) is 108 Å². The number of carbonyl (C=O) groups is 2. The van der Waals surface area contributed by atoms with Gasteiger partial charge in [0.15, 0.2) is 18.0 Å². The van der Waals surface area contributed by atoms with Crippen molar-refractivity contribution in [1.29, 1.82) is 0 Å². The van der Waals surface area contributed by atoms with Crippen LogP contribution >= 0.6 is 0 Å². The standard InChI is InChI=1S/C19H32N2O4/c1-19(2)24-15(17(22)20-13-9-5-3-6-10-13)16(25-19)18(23)21-14-11-7-4-8-12-14/h13-16H,3-12H2,1-2H3,(H,20,22)(H,21,23)/t15-,16-/m1/s1. The molecule has 3 fully saturated rings. The number of ether oxygens (including phenoxy) is 2. The second-order valence-corrected chi connectivity index (χ2v) is 8.16. The van der Waals surface area contributed by atoms with Crippen LogP contribution in [0.4, 0.5) is 0 Å². The number of hydrogen-bond donors (Lipinski definition) is 2. The maximum Gasteiger partial charge on any atom is 0.252 e. The summed E-state index contributed by atoms with van der Waals surface area (Å²) in [5, 5.41) is 6.13. The number of hydrogen-bond acceptors (Lipinski definition) is 4. The van der Waals surface area contributed by atoms with Gasteiger partial charge in [0.25, 0.3) is 11.8 Å². The van der Waals surface area contributed by atoms with Crippen LogP contribution in [0.25, 0.3) is 0 Å². The maximum absolute atomic E-state index is 12.7. The van der Waals surface area contributed by atoms with Crippen LogP contribution in [0, 0.1) is 0 Å². The molecule has 3 aliphatic rings. The molecule has 2 aliphatic carbocycles. The van der Waals surface area contributed by atoms with Gasteiger partial charge in [0, 0.05) is 12.1 Å². The summed E-state index contributed by atoms with van der Waals surface area (Å²) in [6.07, 6.45) is 9.29. The van der Waals surface area contributed by atoms with Gasteiger partial charge in [-0.1, -0.05) is 38.5 Å². The first-order valence-corrected chi connectivity index (χ1v) is 9.91. The van der Waals surface area contributed by atoms with Gasteiger partial charge >= 0.3 is 0 Å². The molecule has 1 heterocycles. The lowest BCUT2D eigenvalue weighted by atomic mass is 9.94. The van der Waals surface area contributed by atoms with E-state index in [1.807, 2.05) is 0 Å². The topological polar surface area (TPSA) is 76.7 Å². The van der Waals surface area contributed by atoms with Crippen LogP contribution in [-0.2, 0) is 19.1 Å². The van der Waals surface area contributed by atoms with E-state index in [9.17, 15) is 9.59 Å². The summed E-state index contributed by atoms with van der Waals surface area (Å²) in [5.74, 6) is -1.37. The second kappa shape index (κ2) is 8.04. The Balaban J connectivity index is 1.60. The summed E-state index contributed by atoms with van der Waals surface area (Å²) >= 11 is 0. The first kappa shape index (κ1) is 18.6. The lowest BCUT2D eigenvalue weighted by Gasteiger charge is -2.26. The van der Waals surface area contributed by atoms with E-state index in [0.717, 1.165) is 51.4 Å². The Morgan fingerprint density at radius 3 is 1.44 bits per heavy atom. The van der Waals surface area contributed by atoms with E-state index in [1.54, 1.807) is 13.8 Å². The van der Waals surface area contributed by atoms with Crippen LogP contribution < -0.4 is 10.6 Å². The highest BCUT2D eigenvalue weighted by atomic mass is 16.8. The fourth-order valence-corrected chi connectivity index (χ4v) is 4.21. The van der Waals surface area contributed by atoms with Crippen molar-refractivity contribution < 1.29 is 19.1 Å². The van der Waals surface area contributed by atoms with Crippen LogP contribution in [0.15, 0.2) is 0 Å². The molecule has 0 aromatic rings. The smallest absolute Gasteiger partial charge is 0.252 e. The molecule has 0 radical (unpaired) electrons. The fraction of sp³-hybridized carbons (Fsp3) is 0.895. The molecule has 142 valence electrons. The van der Waals surface area contributed by atoms with E-state index < -0.39 is 18.0 Å². The summed E-state index contributed by atoms with van der Waals surface area (Å²) < 4.78 is 11.6. The van der Waals surface area contributed by atoms with Gasteiger partial charge in [0.1, 0.15) is 0 Å². The van der Waals surface area contributed by atoms with Gasteiger partial charge in [-0.3, -0.25) is 9.59 Å². The van der Waals surface area contributed by atoms with Gasteiger partial charge in [0.05, 0.1) is 0 Å². The Hall–Kier alpha value is -1.14. The van der Waals surface area contributed by atoms with Crippen molar-refractivity contribution in [1.82, 2.24) is 10.6 Å². The Morgan fingerprint density at radius 1 is 0.720 bits per heavy atom. The van der Waals surface area contributed by atoms with E-state index in [4.69, 9.17) is 9.47 Å². The Morgan fingerprint density at radius 2 is 1.08 bits per heavy atom. The molecular formula is C19H32N2O4. The molecule has 0 bridgehead atoms. The maximum atomic E-state index is 12.7. The zero-order valence-corrected chi connectivity index (χ0v) is 15.5. The van der Waals surface area contributed by atoms with Crippen molar-refractivity contribution in [3.05, 3.63) is 0 Å². The van der Waals surface area contributed by atoms with Crippen molar-refractivity contribution in [3.8, 4) is 0 Å². The molecule has 0 unspecified atom stereocenters. The Labute approximate surface area is 150 Å². The average molecular weight is 352 g/mol. The monoisotopic (exact) mass is 352 g/mol. The molecular weight excluding hydrogens is 320 g/mol. The summed E-state index contributed by atoms with van der Waals surface area (Å²) in [6, 6.07) is 0.381. The predicted octanol–water partition coefficient (Wildman–Crippen LogP) is 2.40. The summed E-state index contributed by atoms with van der Waals surface area (Å²) in [4.78, 5) is 25.4. The molecule has 6 heteroatoms. The van der Waals surface area contributed by atoms with Crippen molar-refractivity contribution in [3.63, 3.8) is 0 Å². The van der Waals surface area contributed by atoms with Gasteiger partial charge in [-0.05, 0) is 39.5 Å². The molecule has 6 nitrogen and oxygen atoms in total. The van der Waals surface area contributed by atoms with E-state index in [2.05, 4.69) is 10.6 Å². The predicted molar refractivity (Wildman–Crippen MR) is 93.9 cm³/mol. The minimum Gasteiger partial charge on any atom is -0.351 e. The number of rotatable bonds is 4. The average Bonchev–Trinajstić information content (AvgIpc) is 2.93. The molecule has 3 rings (SSSR count). The molecule has 0 aromatic carbocycles. The third kappa shape index (κ3) is 4.94. The zero-order valence-electron chi connectivity index (χ0n) is 15.5. The normalized spacial score (nSPS) is 30.8. The minimum absolute atomic E-state index is 0.190. The van der Waals surface area contributed by atoms with Crippen LogP contribution in [0.3, 0.4) is 0 Å². The van der Waals surface area contributed by atoms with Gasteiger partial charge < -0.3 is 20.1 Å². The quantitative estimate of drug-likeness (QED) is 0.814. The summed E-state index contributed by atoms with van der Waals surface area (Å²) in [6.45, 7) is 3.50. The van der Waals surface area contributed by atoms with E-state index >= 15 is 0 Å². The highest BCUT2D eigenvalue weighted by Crippen LogP contribution is 2.29. The lowest BCUT2D eigenvalue weighted by Crippen LogP contribution is -2.52. The highest BCUT2D eigenvalue weighted by Gasteiger charge is 2.49. The molecule has 25 heavy (non-hydrogen) atoms. The molecule has 2 saturated carbocycles. The number of nitrogens with one attached hydrogen (secondary N) is 2. The second-order valence-electron chi connectivity index (χ2n) is 8.16. The lowest BCUT2D eigenvalue weighted by molar-refractivity contribution is -0.160. The molecule has 1 aliphatic heterocycles.